The van der Waals surface area contributed by atoms with Crippen LogP contribution in [-0.2, 0) is 4.79 Å². The van der Waals surface area contributed by atoms with Crippen molar-refractivity contribution in [3.8, 4) is 0 Å². The van der Waals surface area contributed by atoms with Gasteiger partial charge in [0.05, 0.1) is 0 Å². The van der Waals surface area contributed by atoms with E-state index in [9.17, 15) is 9.59 Å². The lowest BCUT2D eigenvalue weighted by Crippen LogP contribution is -2.29. The van der Waals surface area contributed by atoms with E-state index >= 15 is 0 Å². The van der Waals surface area contributed by atoms with Crippen molar-refractivity contribution >= 4 is 28.3 Å². The number of benzene rings is 3. The highest BCUT2D eigenvalue weighted by Crippen LogP contribution is 2.16. The molecule has 0 heterocycles. The molecule has 0 radical (unpaired) electrons. The Morgan fingerprint density at radius 1 is 0.960 bits per heavy atom. The van der Waals surface area contributed by atoms with Crippen LogP contribution in [0, 0.1) is 6.92 Å². The Labute approximate surface area is 146 Å². The summed E-state index contributed by atoms with van der Waals surface area (Å²) in [5.74, 6) is -1.41. The zero-order valence-electron chi connectivity index (χ0n) is 13.9. The van der Waals surface area contributed by atoms with Crippen molar-refractivity contribution in [1.29, 1.82) is 0 Å². The third-order valence-corrected chi connectivity index (χ3v) is 3.56. The highest BCUT2D eigenvalue weighted by Gasteiger charge is 2.08. The minimum Gasteiger partial charge on any atom is -0.480 e. The summed E-state index contributed by atoms with van der Waals surface area (Å²) in [4.78, 5) is 21.6. The number of hydrogen-bond acceptors (Lipinski definition) is 3. The Morgan fingerprint density at radius 3 is 2.28 bits per heavy atom. The third kappa shape index (κ3) is 5.35. The van der Waals surface area contributed by atoms with Gasteiger partial charge in [-0.05, 0) is 41.5 Å². The van der Waals surface area contributed by atoms with Gasteiger partial charge in [-0.3, -0.25) is 9.59 Å². The minimum atomic E-state index is -1.05. The third-order valence-electron chi connectivity index (χ3n) is 3.56. The van der Waals surface area contributed by atoms with Crippen LogP contribution in [0.25, 0.3) is 10.8 Å². The Morgan fingerprint density at radius 2 is 1.60 bits per heavy atom. The summed E-state index contributed by atoms with van der Waals surface area (Å²) in [7, 11) is 0. The van der Waals surface area contributed by atoms with Gasteiger partial charge in [-0.1, -0.05) is 48.5 Å². The molecule has 3 aromatic rings. The molecule has 0 saturated heterocycles. The number of carbonyl (C=O) groups is 2. The Kier molecular flexibility index (Phi) is 6.12. The minimum absolute atomic E-state index is 0.354. The van der Waals surface area contributed by atoms with Gasteiger partial charge in [0.1, 0.15) is 6.54 Å². The number of amides is 1. The van der Waals surface area contributed by atoms with Crippen molar-refractivity contribution in [1.82, 2.24) is 5.32 Å². The maximum Gasteiger partial charge on any atom is 0.322 e. The van der Waals surface area contributed by atoms with Crippen molar-refractivity contribution in [3.63, 3.8) is 0 Å². The first-order valence-corrected chi connectivity index (χ1v) is 7.77. The van der Waals surface area contributed by atoms with Gasteiger partial charge in [-0.15, -0.1) is 0 Å². The molecule has 0 aliphatic heterocycles. The first kappa shape index (κ1) is 18.0. The van der Waals surface area contributed by atoms with Crippen LogP contribution in [0.5, 0.6) is 0 Å². The number of carboxylic acid groups (broad SMARTS) is 1. The van der Waals surface area contributed by atoms with E-state index in [1.54, 1.807) is 25.1 Å². The van der Waals surface area contributed by atoms with Crippen molar-refractivity contribution in [2.24, 2.45) is 0 Å². The van der Waals surface area contributed by atoms with E-state index in [0.29, 0.717) is 5.56 Å². The van der Waals surface area contributed by atoms with Gasteiger partial charge in [-0.2, -0.15) is 0 Å². The summed E-state index contributed by atoms with van der Waals surface area (Å²) < 4.78 is 0. The summed E-state index contributed by atoms with van der Waals surface area (Å²) in [5.41, 5.74) is 7.78. The number of nitrogen functional groups attached to an aromatic ring is 1. The fourth-order valence-electron chi connectivity index (χ4n) is 2.29. The molecule has 0 atom stereocenters. The lowest BCUT2D eigenvalue weighted by Gasteiger charge is -2.04. The molecule has 0 fully saturated rings. The van der Waals surface area contributed by atoms with Crippen LogP contribution < -0.4 is 11.1 Å². The van der Waals surface area contributed by atoms with Crippen molar-refractivity contribution in [3.05, 3.63) is 77.9 Å². The molecule has 0 aliphatic rings. The molecule has 0 aromatic heterocycles. The van der Waals surface area contributed by atoms with Crippen LogP contribution in [0.3, 0.4) is 0 Å². The first-order chi connectivity index (χ1) is 12.0. The number of aryl methyl sites for hydroxylation is 1. The first-order valence-electron chi connectivity index (χ1n) is 7.77. The van der Waals surface area contributed by atoms with Crippen LogP contribution in [0.1, 0.15) is 15.9 Å². The second-order valence-corrected chi connectivity index (χ2v) is 5.50. The predicted molar refractivity (Wildman–Crippen MR) is 99.5 cm³/mol. The quantitative estimate of drug-likeness (QED) is 0.640. The molecular formula is C20H20N2O3. The smallest absolute Gasteiger partial charge is 0.322 e. The summed E-state index contributed by atoms with van der Waals surface area (Å²) in [6, 6.07) is 21.1. The molecule has 0 spiro atoms. The van der Waals surface area contributed by atoms with E-state index in [0.717, 1.165) is 11.3 Å². The molecule has 3 rings (SSSR count). The SMILES string of the molecule is Cc1ccccc1C(=O)NCC(=O)O.Nc1ccc2ccccc2c1. The van der Waals surface area contributed by atoms with Crippen molar-refractivity contribution in [2.75, 3.05) is 12.3 Å². The monoisotopic (exact) mass is 336 g/mol. The molecular weight excluding hydrogens is 316 g/mol. The summed E-state index contributed by atoms with van der Waals surface area (Å²) in [5, 5.41) is 13.1. The fourth-order valence-corrected chi connectivity index (χ4v) is 2.29. The number of nitrogens with two attached hydrogens (primary N) is 1. The normalized spacial score (nSPS) is 9.80. The number of aliphatic carboxylic acids is 1. The number of hydrogen-bond donors (Lipinski definition) is 3. The van der Waals surface area contributed by atoms with Crippen molar-refractivity contribution in [2.45, 2.75) is 6.92 Å². The number of nitrogens with one attached hydrogen (secondary N) is 1. The van der Waals surface area contributed by atoms with Crippen LogP contribution >= 0.6 is 0 Å². The maximum absolute atomic E-state index is 11.4. The van der Waals surface area contributed by atoms with Gasteiger partial charge in [0.15, 0.2) is 0 Å². The molecule has 4 N–H and O–H groups in total. The van der Waals surface area contributed by atoms with E-state index in [1.807, 2.05) is 36.4 Å². The largest absolute Gasteiger partial charge is 0.480 e. The molecule has 3 aromatic carbocycles. The van der Waals surface area contributed by atoms with Crippen LogP contribution in [-0.4, -0.2) is 23.5 Å². The molecule has 0 bridgehead atoms. The number of rotatable bonds is 3. The van der Waals surface area contributed by atoms with Crippen LogP contribution in [0.2, 0.25) is 0 Å². The number of fused-ring (bicyclic) bond motifs is 1. The molecule has 0 aliphatic carbocycles. The lowest BCUT2D eigenvalue weighted by molar-refractivity contribution is -0.135. The topological polar surface area (TPSA) is 92.4 Å². The molecule has 0 unspecified atom stereocenters. The number of anilines is 1. The fraction of sp³-hybridized carbons (Fsp3) is 0.100. The van der Waals surface area contributed by atoms with E-state index in [-0.39, 0.29) is 12.5 Å². The van der Waals surface area contributed by atoms with E-state index in [1.165, 1.54) is 10.8 Å². The van der Waals surface area contributed by atoms with E-state index < -0.39 is 5.97 Å². The number of carbonyl (C=O) groups excluding carboxylic acids is 1. The average molecular weight is 336 g/mol. The highest BCUT2D eigenvalue weighted by molar-refractivity contribution is 5.97. The Bertz CT molecular complexity index is 891. The zero-order valence-corrected chi connectivity index (χ0v) is 13.9. The van der Waals surface area contributed by atoms with Gasteiger partial charge in [0, 0.05) is 11.3 Å². The molecule has 0 saturated carbocycles. The average Bonchev–Trinajstić information content (AvgIpc) is 2.60. The maximum atomic E-state index is 11.4. The lowest BCUT2D eigenvalue weighted by atomic mass is 10.1. The van der Waals surface area contributed by atoms with Gasteiger partial charge in [0.25, 0.3) is 5.91 Å². The molecule has 5 nitrogen and oxygen atoms in total. The molecule has 25 heavy (non-hydrogen) atoms. The molecule has 1 amide bonds. The van der Waals surface area contributed by atoms with Crippen LogP contribution in [0.4, 0.5) is 5.69 Å². The second kappa shape index (κ2) is 8.49. The van der Waals surface area contributed by atoms with E-state index in [2.05, 4.69) is 17.4 Å². The second-order valence-electron chi connectivity index (χ2n) is 5.50. The summed E-state index contributed by atoms with van der Waals surface area (Å²) >= 11 is 0. The summed E-state index contributed by atoms with van der Waals surface area (Å²) in [6.07, 6.45) is 0. The van der Waals surface area contributed by atoms with Gasteiger partial charge >= 0.3 is 5.97 Å². The van der Waals surface area contributed by atoms with Crippen LogP contribution in [0.15, 0.2) is 66.7 Å². The van der Waals surface area contributed by atoms with Crippen molar-refractivity contribution < 1.29 is 14.7 Å². The standard InChI is InChI=1S/C10H11NO3.C10H9N/c1-7-4-2-3-5-8(7)10(14)11-6-9(12)13;11-10-6-5-8-3-1-2-4-9(8)7-10/h2-5H,6H2,1H3,(H,11,14)(H,12,13);1-7H,11H2. The van der Waals surface area contributed by atoms with Gasteiger partial charge < -0.3 is 16.2 Å². The number of carboxylic acids is 1. The van der Waals surface area contributed by atoms with Gasteiger partial charge in [0.2, 0.25) is 0 Å². The Hall–Kier alpha value is -3.34. The Balaban J connectivity index is 0.000000185. The zero-order chi connectivity index (χ0) is 18.2. The van der Waals surface area contributed by atoms with E-state index in [4.69, 9.17) is 10.8 Å². The molecule has 128 valence electrons. The van der Waals surface area contributed by atoms with Gasteiger partial charge in [-0.25, -0.2) is 0 Å². The highest BCUT2D eigenvalue weighted by atomic mass is 16.4. The summed E-state index contributed by atoms with van der Waals surface area (Å²) in [6.45, 7) is 1.45. The predicted octanol–water partition coefficient (Wildman–Crippen LogP) is 3.23. The molecule has 5 heteroatoms.